The monoisotopic (exact) mass is 278 g/mol. The Morgan fingerprint density at radius 2 is 2.30 bits per heavy atom. The number of hydrogen-bond acceptors (Lipinski definition) is 6. The summed E-state index contributed by atoms with van der Waals surface area (Å²) in [6.07, 6.45) is 1.88. The van der Waals surface area contributed by atoms with Crippen molar-refractivity contribution in [2.75, 3.05) is 46.5 Å². The number of nitrogens with zero attached hydrogens (tertiary/aromatic N) is 4. The molecule has 1 unspecified atom stereocenters. The van der Waals surface area contributed by atoms with Crippen molar-refractivity contribution in [3.8, 4) is 6.01 Å². The largest absolute Gasteiger partial charge is 0.467 e. The highest BCUT2D eigenvalue weighted by Gasteiger charge is 2.29. The molecule has 2 fully saturated rings. The molecule has 110 valence electrons. The van der Waals surface area contributed by atoms with Gasteiger partial charge in [0.2, 0.25) is 0 Å². The maximum atomic E-state index is 5.58. The first-order valence-electron chi connectivity index (χ1n) is 7.17. The Balaban J connectivity index is 1.63. The lowest BCUT2D eigenvalue weighted by atomic mass is 10.1. The van der Waals surface area contributed by atoms with Gasteiger partial charge in [0, 0.05) is 56.2 Å². The van der Waals surface area contributed by atoms with Crippen LogP contribution in [0.1, 0.15) is 11.3 Å². The zero-order chi connectivity index (χ0) is 13.9. The first-order valence-corrected chi connectivity index (χ1v) is 7.17. The molecule has 0 aromatic carbocycles. The molecule has 0 radical (unpaired) electrons. The Morgan fingerprint density at radius 3 is 3.10 bits per heavy atom. The van der Waals surface area contributed by atoms with E-state index in [4.69, 9.17) is 9.47 Å². The normalized spacial score (nSPS) is 24.4. The average molecular weight is 278 g/mol. The minimum absolute atomic E-state index is 0.441. The van der Waals surface area contributed by atoms with Crippen LogP contribution in [0.25, 0.3) is 0 Å². The zero-order valence-corrected chi connectivity index (χ0v) is 12.2. The van der Waals surface area contributed by atoms with Crippen LogP contribution in [0, 0.1) is 6.92 Å². The summed E-state index contributed by atoms with van der Waals surface area (Å²) >= 11 is 0. The van der Waals surface area contributed by atoms with Gasteiger partial charge in [-0.25, -0.2) is 9.97 Å². The van der Waals surface area contributed by atoms with Gasteiger partial charge in [-0.3, -0.25) is 9.80 Å². The molecule has 1 atom stereocenters. The molecule has 2 aliphatic rings. The maximum absolute atomic E-state index is 5.58. The lowest BCUT2D eigenvalue weighted by Gasteiger charge is -2.43. The molecule has 0 N–H and O–H groups in total. The van der Waals surface area contributed by atoms with Gasteiger partial charge in [0.15, 0.2) is 0 Å². The van der Waals surface area contributed by atoms with Crippen LogP contribution in [-0.2, 0) is 11.3 Å². The Morgan fingerprint density at radius 1 is 1.40 bits per heavy atom. The van der Waals surface area contributed by atoms with E-state index in [0.29, 0.717) is 12.1 Å². The minimum Gasteiger partial charge on any atom is -0.467 e. The van der Waals surface area contributed by atoms with Crippen molar-refractivity contribution in [1.29, 1.82) is 0 Å². The Bertz CT molecular complexity index is 468. The van der Waals surface area contributed by atoms with Crippen LogP contribution in [0.3, 0.4) is 0 Å². The molecule has 0 amide bonds. The van der Waals surface area contributed by atoms with Crippen LogP contribution in [0.5, 0.6) is 6.01 Å². The molecule has 0 bridgehead atoms. The topological polar surface area (TPSA) is 50.7 Å². The number of piperazine rings is 1. The highest BCUT2D eigenvalue weighted by atomic mass is 16.5. The summed E-state index contributed by atoms with van der Waals surface area (Å²) in [5, 5.41) is 0. The number of aryl methyl sites for hydroxylation is 1. The van der Waals surface area contributed by atoms with Gasteiger partial charge in [0.05, 0.1) is 20.3 Å². The third-order valence-electron chi connectivity index (χ3n) is 4.16. The minimum atomic E-state index is 0.441. The molecule has 6 nitrogen and oxygen atoms in total. The molecule has 0 aliphatic carbocycles. The fourth-order valence-corrected chi connectivity index (χ4v) is 2.92. The number of ether oxygens (including phenoxy) is 2. The summed E-state index contributed by atoms with van der Waals surface area (Å²) in [5.41, 5.74) is 2.18. The first kappa shape index (κ1) is 13.7. The smallest absolute Gasteiger partial charge is 0.316 e. The van der Waals surface area contributed by atoms with Crippen LogP contribution < -0.4 is 4.74 Å². The fourth-order valence-electron chi connectivity index (χ4n) is 2.92. The van der Waals surface area contributed by atoms with Crippen LogP contribution in [-0.4, -0.2) is 72.3 Å². The van der Waals surface area contributed by atoms with E-state index in [2.05, 4.69) is 19.8 Å². The van der Waals surface area contributed by atoms with Crippen molar-refractivity contribution >= 4 is 0 Å². The van der Waals surface area contributed by atoms with E-state index in [0.717, 1.165) is 51.6 Å². The molecule has 3 heterocycles. The van der Waals surface area contributed by atoms with Crippen molar-refractivity contribution in [3.05, 3.63) is 17.5 Å². The zero-order valence-electron chi connectivity index (χ0n) is 12.2. The molecule has 20 heavy (non-hydrogen) atoms. The van der Waals surface area contributed by atoms with Gasteiger partial charge < -0.3 is 9.47 Å². The lowest BCUT2D eigenvalue weighted by molar-refractivity contribution is -0.0462. The number of methoxy groups -OCH3 is 1. The van der Waals surface area contributed by atoms with E-state index >= 15 is 0 Å². The second-order valence-electron chi connectivity index (χ2n) is 5.47. The van der Waals surface area contributed by atoms with Crippen molar-refractivity contribution < 1.29 is 9.47 Å². The molecule has 2 saturated heterocycles. The van der Waals surface area contributed by atoms with Crippen molar-refractivity contribution in [1.82, 2.24) is 19.8 Å². The van der Waals surface area contributed by atoms with Gasteiger partial charge in [-0.15, -0.1) is 0 Å². The van der Waals surface area contributed by atoms with Crippen LogP contribution in [0.15, 0.2) is 6.20 Å². The van der Waals surface area contributed by atoms with Crippen LogP contribution >= 0.6 is 0 Å². The third kappa shape index (κ3) is 2.92. The average Bonchev–Trinajstić information content (AvgIpc) is 2.49. The molecule has 3 rings (SSSR count). The third-order valence-corrected chi connectivity index (χ3v) is 4.16. The Labute approximate surface area is 119 Å². The van der Waals surface area contributed by atoms with Gasteiger partial charge in [0.25, 0.3) is 0 Å². The predicted molar refractivity (Wildman–Crippen MR) is 74.8 cm³/mol. The van der Waals surface area contributed by atoms with E-state index in [-0.39, 0.29) is 0 Å². The molecule has 1 aromatic rings. The maximum Gasteiger partial charge on any atom is 0.316 e. The predicted octanol–water partition coefficient (Wildman–Crippen LogP) is 0.310. The van der Waals surface area contributed by atoms with Gasteiger partial charge in [0.1, 0.15) is 0 Å². The molecular formula is C14H22N4O2. The Hall–Kier alpha value is -1.24. The second-order valence-corrected chi connectivity index (χ2v) is 5.47. The van der Waals surface area contributed by atoms with Crippen molar-refractivity contribution in [2.45, 2.75) is 19.5 Å². The number of morpholine rings is 1. The van der Waals surface area contributed by atoms with E-state index < -0.39 is 0 Å². The molecule has 0 spiro atoms. The lowest BCUT2D eigenvalue weighted by Crippen LogP contribution is -2.57. The summed E-state index contributed by atoms with van der Waals surface area (Å²) in [6.45, 7) is 9.01. The Kier molecular flexibility index (Phi) is 4.14. The SMILES string of the molecule is COc1ncc(CN2CCN3CCOCC3C2)c(C)n1. The van der Waals surface area contributed by atoms with Gasteiger partial charge in [-0.05, 0) is 6.92 Å². The van der Waals surface area contributed by atoms with Crippen molar-refractivity contribution in [2.24, 2.45) is 0 Å². The number of rotatable bonds is 3. The van der Waals surface area contributed by atoms with Crippen LogP contribution in [0.4, 0.5) is 0 Å². The van der Waals surface area contributed by atoms with E-state index in [1.165, 1.54) is 5.56 Å². The van der Waals surface area contributed by atoms with Crippen molar-refractivity contribution in [3.63, 3.8) is 0 Å². The number of aromatic nitrogens is 2. The highest BCUT2D eigenvalue weighted by Crippen LogP contribution is 2.17. The first-order chi connectivity index (χ1) is 9.76. The molecule has 1 aromatic heterocycles. The highest BCUT2D eigenvalue weighted by molar-refractivity contribution is 5.17. The molecule has 6 heteroatoms. The summed E-state index contributed by atoms with van der Waals surface area (Å²) < 4.78 is 10.6. The summed E-state index contributed by atoms with van der Waals surface area (Å²) in [7, 11) is 1.59. The fraction of sp³-hybridized carbons (Fsp3) is 0.714. The molecule has 2 aliphatic heterocycles. The van der Waals surface area contributed by atoms with E-state index in [1.807, 2.05) is 13.1 Å². The van der Waals surface area contributed by atoms with Gasteiger partial charge in [-0.2, -0.15) is 0 Å². The molecular weight excluding hydrogens is 256 g/mol. The van der Waals surface area contributed by atoms with Crippen LogP contribution in [0.2, 0.25) is 0 Å². The molecule has 0 saturated carbocycles. The van der Waals surface area contributed by atoms with E-state index in [9.17, 15) is 0 Å². The van der Waals surface area contributed by atoms with Gasteiger partial charge in [-0.1, -0.05) is 0 Å². The number of fused-ring (bicyclic) bond motifs is 1. The summed E-state index contributed by atoms with van der Waals surface area (Å²) in [4.78, 5) is 13.6. The summed E-state index contributed by atoms with van der Waals surface area (Å²) in [6, 6.07) is 0.980. The standard InChI is InChI=1S/C14H22N4O2/c1-11-12(7-15-14(16-11)19-2)8-17-3-4-18-5-6-20-10-13(18)9-17/h7,13H,3-6,8-10H2,1-2H3. The second kappa shape index (κ2) is 6.03. The summed E-state index contributed by atoms with van der Waals surface area (Å²) in [5.74, 6) is 0. The van der Waals surface area contributed by atoms with Gasteiger partial charge >= 0.3 is 6.01 Å². The number of hydrogen-bond donors (Lipinski definition) is 0. The van der Waals surface area contributed by atoms with E-state index in [1.54, 1.807) is 7.11 Å². The quantitative estimate of drug-likeness (QED) is 0.793.